The maximum atomic E-state index is 10.6. The largest absolute Gasteiger partial charge is 0.508 e. The number of rotatable bonds is 4. The molecule has 0 spiro atoms. The van der Waals surface area contributed by atoms with Crippen LogP contribution < -0.4 is 0 Å². The Bertz CT molecular complexity index is 285. The molecule has 1 aliphatic rings. The smallest absolute Gasteiger partial charge is 0.434 e. The molecule has 14 heavy (non-hydrogen) atoms. The maximum Gasteiger partial charge on any atom is 0.508 e. The molecule has 0 aromatic heterocycles. The van der Waals surface area contributed by atoms with Crippen molar-refractivity contribution in [2.45, 2.75) is 6.42 Å². The third-order valence-corrected chi connectivity index (χ3v) is 2.29. The van der Waals surface area contributed by atoms with Crippen molar-refractivity contribution in [1.82, 2.24) is 0 Å². The first-order chi connectivity index (χ1) is 6.47. The van der Waals surface area contributed by atoms with Crippen molar-refractivity contribution in [3.63, 3.8) is 0 Å². The standard InChI is InChI=1S/C7H12O6S/c1-14(9,10)13-3-2-6-4-11-7(8)12-5-6/h6H,2-5H2,1H3. The third-order valence-electron chi connectivity index (χ3n) is 1.70. The van der Waals surface area contributed by atoms with E-state index in [9.17, 15) is 13.2 Å². The summed E-state index contributed by atoms with van der Waals surface area (Å²) in [5.74, 6) is 0.00875. The van der Waals surface area contributed by atoms with Crippen LogP contribution >= 0.6 is 0 Å². The lowest BCUT2D eigenvalue weighted by atomic mass is 10.1. The van der Waals surface area contributed by atoms with E-state index < -0.39 is 16.3 Å². The van der Waals surface area contributed by atoms with E-state index in [4.69, 9.17) is 0 Å². The Morgan fingerprint density at radius 1 is 1.43 bits per heavy atom. The van der Waals surface area contributed by atoms with Crippen molar-refractivity contribution in [2.24, 2.45) is 5.92 Å². The van der Waals surface area contributed by atoms with Crippen molar-refractivity contribution in [3.8, 4) is 0 Å². The molecule has 0 N–H and O–H groups in total. The summed E-state index contributed by atoms with van der Waals surface area (Å²) in [5, 5.41) is 0. The first-order valence-electron chi connectivity index (χ1n) is 4.11. The van der Waals surface area contributed by atoms with Crippen LogP contribution in [0.15, 0.2) is 0 Å². The number of ether oxygens (including phenoxy) is 2. The lowest BCUT2D eigenvalue weighted by Crippen LogP contribution is -2.28. The highest BCUT2D eigenvalue weighted by molar-refractivity contribution is 7.85. The Balaban J connectivity index is 2.17. The fourth-order valence-corrected chi connectivity index (χ4v) is 1.39. The predicted octanol–water partition coefficient (Wildman–Crippen LogP) is 0.136. The van der Waals surface area contributed by atoms with Crippen LogP contribution in [0.5, 0.6) is 0 Å². The fraction of sp³-hybridized carbons (Fsp3) is 0.857. The van der Waals surface area contributed by atoms with Crippen LogP contribution in [0.1, 0.15) is 6.42 Å². The van der Waals surface area contributed by atoms with Crippen molar-refractivity contribution in [1.29, 1.82) is 0 Å². The summed E-state index contributed by atoms with van der Waals surface area (Å²) in [4.78, 5) is 10.5. The highest BCUT2D eigenvalue weighted by Gasteiger charge is 2.21. The first-order valence-corrected chi connectivity index (χ1v) is 5.93. The van der Waals surface area contributed by atoms with Crippen LogP contribution in [-0.4, -0.2) is 40.6 Å². The Labute approximate surface area is 82.3 Å². The van der Waals surface area contributed by atoms with Gasteiger partial charge in [0.15, 0.2) is 0 Å². The lowest BCUT2D eigenvalue weighted by Gasteiger charge is -2.21. The second-order valence-electron chi connectivity index (χ2n) is 3.05. The first kappa shape index (κ1) is 11.3. The summed E-state index contributed by atoms with van der Waals surface area (Å²) in [6.07, 6.45) is 0.801. The summed E-state index contributed by atoms with van der Waals surface area (Å²) in [6, 6.07) is 0. The average Bonchev–Trinajstić information content (AvgIpc) is 2.06. The molecule has 0 aromatic rings. The molecule has 0 atom stereocenters. The molecule has 1 heterocycles. The molecule has 0 radical (unpaired) electrons. The molecule has 0 saturated carbocycles. The Morgan fingerprint density at radius 3 is 2.50 bits per heavy atom. The summed E-state index contributed by atoms with van der Waals surface area (Å²) < 4.78 is 34.9. The van der Waals surface area contributed by atoms with E-state index in [-0.39, 0.29) is 25.7 Å². The van der Waals surface area contributed by atoms with E-state index in [2.05, 4.69) is 13.7 Å². The van der Waals surface area contributed by atoms with Gasteiger partial charge < -0.3 is 9.47 Å². The van der Waals surface area contributed by atoms with Gasteiger partial charge in [0.05, 0.1) is 12.9 Å². The minimum absolute atomic E-state index is 0.00875. The molecular weight excluding hydrogens is 212 g/mol. The zero-order valence-electron chi connectivity index (χ0n) is 7.76. The van der Waals surface area contributed by atoms with Crippen LogP contribution in [0, 0.1) is 5.92 Å². The number of carbonyl (C=O) groups is 1. The molecule has 7 heteroatoms. The van der Waals surface area contributed by atoms with Gasteiger partial charge in [-0.15, -0.1) is 0 Å². The topological polar surface area (TPSA) is 78.9 Å². The summed E-state index contributed by atoms with van der Waals surface area (Å²) in [7, 11) is -3.38. The van der Waals surface area contributed by atoms with Gasteiger partial charge in [-0.3, -0.25) is 4.18 Å². The zero-order chi connectivity index (χ0) is 10.6. The lowest BCUT2D eigenvalue weighted by molar-refractivity contribution is -0.0167. The SMILES string of the molecule is CS(=O)(=O)OCCC1COC(=O)OC1. The van der Waals surface area contributed by atoms with Crippen molar-refractivity contribution >= 4 is 16.3 Å². The molecule has 0 bridgehead atoms. The molecule has 0 unspecified atom stereocenters. The van der Waals surface area contributed by atoms with Gasteiger partial charge in [0.1, 0.15) is 13.2 Å². The number of cyclic esters (lactones) is 2. The number of hydrogen-bond donors (Lipinski definition) is 0. The molecule has 1 rings (SSSR count). The van der Waals surface area contributed by atoms with E-state index in [0.29, 0.717) is 6.42 Å². The van der Waals surface area contributed by atoms with E-state index in [1.54, 1.807) is 0 Å². The molecule has 1 saturated heterocycles. The zero-order valence-corrected chi connectivity index (χ0v) is 8.58. The molecule has 0 aromatic carbocycles. The second kappa shape index (κ2) is 4.61. The highest BCUT2D eigenvalue weighted by Crippen LogP contribution is 2.11. The van der Waals surface area contributed by atoms with E-state index in [0.717, 1.165) is 6.26 Å². The van der Waals surface area contributed by atoms with Crippen molar-refractivity contribution < 1.29 is 26.9 Å². The maximum absolute atomic E-state index is 10.6. The minimum atomic E-state index is -3.38. The van der Waals surface area contributed by atoms with Crippen LogP contribution in [0.4, 0.5) is 4.79 Å². The van der Waals surface area contributed by atoms with Crippen LogP contribution in [0.2, 0.25) is 0 Å². The molecule has 82 valence electrons. The summed E-state index contributed by atoms with van der Waals surface area (Å²) in [6.45, 7) is 0.600. The normalized spacial score (nSPS) is 18.8. The molecule has 1 fully saturated rings. The van der Waals surface area contributed by atoms with Crippen molar-refractivity contribution in [3.05, 3.63) is 0 Å². The molecular formula is C7H12O6S. The van der Waals surface area contributed by atoms with Crippen LogP contribution in [0.3, 0.4) is 0 Å². The Hall–Kier alpha value is -0.820. The molecule has 0 amide bonds. The highest BCUT2D eigenvalue weighted by atomic mass is 32.2. The predicted molar refractivity (Wildman–Crippen MR) is 46.2 cm³/mol. The van der Waals surface area contributed by atoms with E-state index in [1.165, 1.54) is 0 Å². The Kier molecular flexibility index (Phi) is 3.70. The molecule has 1 aliphatic heterocycles. The van der Waals surface area contributed by atoms with E-state index >= 15 is 0 Å². The fourth-order valence-electron chi connectivity index (χ4n) is 0.994. The van der Waals surface area contributed by atoms with Gasteiger partial charge >= 0.3 is 6.16 Å². The van der Waals surface area contributed by atoms with Gasteiger partial charge in [0.25, 0.3) is 10.1 Å². The quantitative estimate of drug-likeness (QED) is 0.499. The van der Waals surface area contributed by atoms with Crippen LogP contribution in [-0.2, 0) is 23.8 Å². The van der Waals surface area contributed by atoms with Gasteiger partial charge in [-0.05, 0) is 6.42 Å². The van der Waals surface area contributed by atoms with Gasteiger partial charge in [-0.2, -0.15) is 8.42 Å². The van der Waals surface area contributed by atoms with Gasteiger partial charge in [-0.1, -0.05) is 0 Å². The summed E-state index contributed by atoms with van der Waals surface area (Å²) in [5.41, 5.74) is 0. The number of hydrogen-bond acceptors (Lipinski definition) is 6. The van der Waals surface area contributed by atoms with Gasteiger partial charge in [0.2, 0.25) is 0 Å². The third kappa shape index (κ3) is 4.43. The summed E-state index contributed by atoms with van der Waals surface area (Å²) >= 11 is 0. The van der Waals surface area contributed by atoms with Crippen LogP contribution in [0.25, 0.3) is 0 Å². The molecule has 6 nitrogen and oxygen atoms in total. The van der Waals surface area contributed by atoms with Gasteiger partial charge in [0, 0.05) is 5.92 Å². The molecule has 0 aliphatic carbocycles. The minimum Gasteiger partial charge on any atom is -0.434 e. The second-order valence-corrected chi connectivity index (χ2v) is 4.70. The average molecular weight is 224 g/mol. The van der Waals surface area contributed by atoms with Crippen molar-refractivity contribution in [2.75, 3.05) is 26.1 Å². The Morgan fingerprint density at radius 2 is 2.00 bits per heavy atom. The number of carbonyl (C=O) groups excluding carboxylic acids is 1. The van der Waals surface area contributed by atoms with E-state index in [1.807, 2.05) is 0 Å². The van der Waals surface area contributed by atoms with Gasteiger partial charge in [-0.25, -0.2) is 4.79 Å². The monoisotopic (exact) mass is 224 g/mol.